The number of ketones is 1. The molecule has 0 bridgehead atoms. The van der Waals surface area contributed by atoms with Crippen molar-refractivity contribution in [2.75, 3.05) is 0 Å². The van der Waals surface area contributed by atoms with E-state index in [1.54, 1.807) is 0 Å². The molecule has 116 valence electrons. The summed E-state index contributed by atoms with van der Waals surface area (Å²) in [5.41, 5.74) is 1.81. The van der Waals surface area contributed by atoms with Crippen molar-refractivity contribution >= 4 is 5.78 Å². The van der Waals surface area contributed by atoms with Crippen LogP contribution in [0.15, 0.2) is 11.6 Å². The molecule has 3 fully saturated rings. The van der Waals surface area contributed by atoms with E-state index in [-0.39, 0.29) is 11.5 Å². The minimum Gasteiger partial charge on any atom is -0.393 e. The zero-order valence-corrected chi connectivity index (χ0v) is 13.4. The van der Waals surface area contributed by atoms with E-state index in [9.17, 15) is 9.90 Å². The number of allylic oxidation sites excluding steroid dienone is 1. The quantitative estimate of drug-likeness (QED) is 0.687. The average Bonchev–Trinajstić information content (AvgIpc) is 2.76. The van der Waals surface area contributed by atoms with E-state index in [1.165, 1.54) is 12.0 Å². The van der Waals surface area contributed by atoms with Gasteiger partial charge in [0.25, 0.3) is 0 Å². The van der Waals surface area contributed by atoms with Crippen molar-refractivity contribution < 1.29 is 9.90 Å². The molecule has 0 spiro atoms. The zero-order chi connectivity index (χ0) is 14.8. The van der Waals surface area contributed by atoms with Crippen molar-refractivity contribution in [3.8, 4) is 0 Å². The first kappa shape index (κ1) is 14.0. The van der Waals surface area contributed by atoms with Gasteiger partial charge in [-0.05, 0) is 68.1 Å². The third-order valence-corrected chi connectivity index (χ3v) is 7.79. The molecular formula is C19H28O2. The molecule has 0 saturated heterocycles. The number of rotatable bonds is 0. The van der Waals surface area contributed by atoms with Crippen LogP contribution in [0, 0.1) is 28.6 Å². The number of Topliss-reactive ketones (excluding diaryl/α,β-unsaturated/α-hetero) is 1. The summed E-state index contributed by atoms with van der Waals surface area (Å²) in [6.45, 7) is 4.69. The van der Waals surface area contributed by atoms with Gasteiger partial charge in [0.2, 0.25) is 0 Å². The van der Waals surface area contributed by atoms with Crippen LogP contribution in [0.5, 0.6) is 0 Å². The standard InChI is InChI=1S/C19H28O2/c1-18-9-7-13(20)11-12(18)3-4-14-15-5-6-17(21)19(15,2)10-8-16(14)18/h3,13-16,20H,4-11H2,1-2H3/t13-,14-,15-,16+,18-,19-/m1/s1. The van der Waals surface area contributed by atoms with Gasteiger partial charge in [-0.3, -0.25) is 4.79 Å². The van der Waals surface area contributed by atoms with Gasteiger partial charge in [0.15, 0.2) is 0 Å². The Morgan fingerprint density at radius 3 is 2.62 bits per heavy atom. The molecule has 6 atom stereocenters. The summed E-state index contributed by atoms with van der Waals surface area (Å²) in [7, 11) is 0. The number of hydrogen-bond acceptors (Lipinski definition) is 2. The summed E-state index contributed by atoms with van der Waals surface area (Å²) in [6.07, 6.45) is 10.7. The molecule has 0 amide bonds. The van der Waals surface area contributed by atoms with Crippen LogP contribution < -0.4 is 0 Å². The van der Waals surface area contributed by atoms with Gasteiger partial charge in [0.05, 0.1) is 6.10 Å². The maximum Gasteiger partial charge on any atom is 0.139 e. The van der Waals surface area contributed by atoms with Crippen molar-refractivity contribution in [2.45, 2.75) is 71.3 Å². The highest BCUT2D eigenvalue weighted by molar-refractivity contribution is 5.87. The third kappa shape index (κ3) is 1.78. The van der Waals surface area contributed by atoms with Gasteiger partial charge in [-0.25, -0.2) is 0 Å². The molecule has 0 aromatic rings. The maximum absolute atomic E-state index is 12.4. The van der Waals surface area contributed by atoms with Crippen molar-refractivity contribution in [2.24, 2.45) is 28.6 Å². The van der Waals surface area contributed by atoms with Gasteiger partial charge >= 0.3 is 0 Å². The maximum atomic E-state index is 12.4. The van der Waals surface area contributed by atoms with E-state index >= 15 is 0 Å². The summed E-state index contributed by atoms with van der Waals surface area (Å²) in [5.74, 6) is 2.60. The highest BCUT2D eigenvalue weighted by Crippen LogP contribution is 2.63. The fourth-order valence-electron chi connectivity index (χ4n) is 6.41. The highest BCUT2D eigenvalue weighted by atomic mass is 16.3. The van der Waals surface area contributed by atoms with Gasteiger partial charge < -0.3 is 5.11 Å². The van der Waals surface area contributed by atoms with Gasteiger partial charge in [-0.2, -0.15) is 0 Å². The number of hydrogen-bond donors (Lipinski definition) is 1. The first-order valence-corrected chi connectivity index (χ1v) is 8.86. The van der Waals surface area contributed by atoms with E-state index in [0.717, 1.165) is 50.9 Å². The van der Waals surface area contributed by atoms with Crippen molar-refractivity contribution in [1.82, 2.24) is 0 Å². The lowest BCUT2D eigenvalue weighted by molar-refractivity contribution is -0.132. The normalized spacial score (nSPS) is 52.7. The summed E-state index contributed by atoms with van der Waals surface area (Å²) >= 11 is 0. The molecule has 0 aromatic carbocycles. The zero-order valence-electron chi connectivity index (χ0n) is 13.4. The minimum absolute atomic E-state index is 0.0168. The Morgan fingerprint density at radius 1 is 1.10 bits per heavy atom. The molecule has 2 heteroatoms. The fourth-order valence-corrected chi connectivity index (χ4v) is 6.41. The third-order valence-electron chi connectivity index (χ3n) is 7.79. The summed E-state index contributed by atoms with van der Waals surface area (Å²) in [4.78, 5) is 12.4. The number of carbonyl (C=O) groups excluding carboxylic acids is 1. The molecule has 2 nitrogen and oxygen atoms in total. The molecule has 1 N–H and O–H groups in total. The lowest BCUT2D eigenvalue weighted by Crippen LogP contribution is -2.50. The number of aliphatic hydroxyl groups excluding tert-OH is 1. The molecule has 4 aliphatic rings. The molecule has 4 rings (SSSR count). The molecule has 0 heterocycles. The molecular weight excluding hydrogens is 260 g/mol. The average molecular weight is 288 g/mol. The van der Waals surface area contributed by atoms with E-state index in [1.807, 2.05) is 0 Å². The topological polar surface area (TPSA) is 37.3 Å². The fraction of sp³-hybridized carbons (Fsp3) is 0.842. The van der Waals surface area contributed by atoms with Crippen LogP contribution in [0.3, 0.4) is 0 Å². The molecule has 4 aliphatic carbocycles. The van der Waals surface area contributed by atoms with Crippen LogP contribution in [-0.4, -0.2) is 17.0 Å². The minimum atomic E-state index is -0.122. The van der Waals surface area contributed by atoms with Crippen molar-refractivity contribution in [3.63, 3.8) is 0 Å². The van der Waals surface area contributed by atoms with E-state index in [2.05, 4.69) is 19.9 Å². The van der Waals surface area contributed by atoms with Gasteiger partial charge in [-0.15, -0.1) is 0 Å². The summed E-state index contributed by atoms with van der Waals surface area (Å²) < 4.78 is 0. The second-order valence-electron chi connectivity index (χ2n) is 8.57. The monoisotopic (exact) mass is 288 g/mol. The van der Waals surface area contributed by atoms with Crippen LogP contribution in [0.4, 0.5) is 0 Å². The van der Waals surface area contributed by atoms with E-state index < -0.39 is 0 Å². The molecule has 0 aromatic heterocycles. The first-order chi connectivity index (χ1) is 9.95. The lowest BCUT2D eigenvalue weighted by Gasteiger charge is -2.56. The van der Waals surface area contributed by atoms with Gasteiger partial charge in [0, 0.05) is 11.8 Å². The molecule has 0 radical (unpaired) electrons. The smallest absolute Gasteiger partial charge is 0.139 e. The van der Waals surface area contributed by atoms with Gasteiger partial charge in [-0.1, -0.05) is 25.5 Å². The number of carbonyl (C=O) groups is 1. The Hall–Kier alpha value is -0.630. The van der Waals surface area contributed by atoms with Crippen molar-refractivity contribution in [3.05, 3.63) is 11.6 Å². The van der Waals surface area contributed by atoms with Crippen LogP contribution in [0.1, 0.15) is 65.2 Å². The molecule has 21 heavy (non-hydrogen) atoms. The van der Waals surface area contributed by atoms with Crippen LogP contribution in [0.2, 0.25) is 0 Å². The lowest BCUT2D eigenvalue weighted by atomic mass is 9.48. The SMILES string of the molecule is C[C@@]12CC[C@H]3[C@H](CC=C4C[C@H](O)CC[C@]43C)[C@H]1CCC2=O. The Labute approximate surface area is 128 Å². The van der Waals surface area contributed by atoms with Crippen LogP contribution in [-0.2, 0) is 4.79 Å². The predicted octanol–water partition coefficient (Wildman–Crippen LogP) is 3.88. The second kappa shape index (κ2) is 4.44. The van der Waals surface area contributed by atoms with Gasteiger partial charge in [0.1, 0.15) is 5.78 Å². The molecule has 0 aliphatic heterocycles. The highest BCUT2D eigenvalue weighted by Gasteiger charge is 2.58. The van der Waals surface area contributed by atoms with E-state index in [0.29, 0.717) is 23.0 Å². The van der Waals surface area contributed by atoms with Crippen molar-refractivity contribution in [1.29, 1.82) is 0 Å². The van der Waals surface area contributed by atoms with E-state index in [4.69, 9.17) is 0 Å². The van der Waals surface area contributed by atoms with Crippen LogP contribution in [0.25, 0.3) is 0 Å². The summed E-state index contributed by atoms with van der Waals surface area (Å²) in [5, 5.41) is 10.00. The Balaban J connectivity index is 1.69. The number of aliphatic hydroxyl groups is 1. The molecule has 3 saturated carbocycles. The molecule has 0 unspecified atom stereocenters. The largest absolute Gasteiger partial charge is 0.393 e. The first-order valence-electron chi connectivity index (χ1n) is 8.86. The predicted molar refractivity (Wildman–Crippen MR) is 82.7 cm³/mol. The summed E-state index contributed by atoms with van der Waals surface area (Å²) in [6, 6.07) is 0. The Bertz CT molecular complexity index is 508. The number of fused-ring (bicyclic) bond motifs is 5. The second-order valence-corrected chi connectivity index (χ2v) is 8.57. The Morgan fingerprint density at radius 2 is 1.81 bits per heavy atom. The Kier molecular flexibility index (Phi) is 2.96. The van der Waals surface area contributed by atoms with Crippen LogP contribution >= 0.6 is 0 Å².